The van der Waals surface area contributed by atoms with Crippen molar-refractivity contribution in [3.8, 4) is 0 Å². The third-order valence-electron chi connectivity index (χ3n) is 19.2. The molecule has 3 aliphatic carbocycles. The van der Waals surface area contributed by atoms with Crippen LogP contribution in [0.1, 0.15) is 96.1 Å². The number of aliphatic hydroxyl groups is 1. The van der Waals surface area contributed by atoms with E-state index >= 15 is 4.79 Å². The zero-order chi connectivity index (χ0) is 48.3. The first-order chi connectivity index (χ1) is 33.3. The minimum absolute atomic E-state index is 0.0162. The molecular formula is C55H74N4O9S. The summed E-state index contributed by atoms with van der Waals surface area (Å²) in [5, 5.41) is 12.2. The first-order valence-corrected chi connectivity index (χ1v) is 27.1. The van der Waals surface area contributed by atoms with Crippen LogP contribution in [0.4, 0.5) is 0 Å². The van der Waals surface area contributed by atoms with Gasteiger partial charge >= 0.3 is 17.9 Å². The molecule has 10 aliphatic rings. The maximum Gasteiger partial charge on any atom is 0.347 e. The molecule has 0 radical (unpaired) electrons. The quantitative estimate of drug-likeness (QED) is 0.0620. The molecule has 1 N–H and O–H groups in total. The van der Waals surface area contributed by atoms with Crippen LogP contribution in [-0.4, -0.2) is 164 Å². The molecule has 7 heterocycles. The number of carbonyl (C=O) groups is 3. The Labute approximate surface area is 413 Å². The summed E-state index contributed by atoms with van der Waals surface area (Å²) >= 11 is 1.93. The van der Waals surface area contributed by atoms with Gasteiger partial charge in [0.2, 0.25) is 0 Å². The summed E-state index contributed by atoms with van der Waals surface area (Å²) in [7, 11) is 6.64. The Morgan fingerprint density at radius 3 is 2.49 bits per heavy atom. The molecule has 13 nitrogen and oxygen atoms in total. The molecule has 2 spiro atoms. The highest BCUT2D eigenvalue weighted by Gasteiger charge is 2.99. The maximum atomic E-state index is 15.8. The number of likely N-dealkylation sites (tertiary alicyclic amines) is 2. The van der Waals surface area contributed by atoms with E-state index in [1.807, 2.05) is 18.8 Å². The lowest BCUT2D eigenvalue weighted by molar-refractivity contribution is -0.182. The van der Waals surface area contributed by atoms with Gasteiger partial charge in [-0.1, -0.05) is 44.6 Å². The topological polar surface area (TPSA) is 134 Å². The lowest BCUT2D eigenvalue weighted by Gasteiger charge is -2.58. The van der Waals surface area contributed by atoms with E-state index in [1.165, 1.54) is 75.1 Å². The molecule has 69 heavy (non-hydrogen) atoms. The average Bonchev–Trinajstić information content (AvgIpc) is 3.60. The summed E-state index contributed by atoms with van der Waals surface area (Å²) in [6.45, 7) is 12.8. The molecule has 3 unspecified atom stereocenters. The van der Waals surface area contributed by atoms with E-state index in [0.29, 0.717) is 51.6 Å². The predicted octanol–water partition coefficient (Wildman–Crippen LogP) is 6.39. The number of thioether (sulfide) groups is 1. The fraction of sp³-hybridized carbons (Fsp3) is 0.691. The van der Waals surface area contributed by atoms with Crippen LogP contribution >= 0.6 is 11.8 Å². The minimum Gasteiger partial charge on any atom is -0.468 e. The summed E-state index contributed by atoms with van der Waals surface area (Å²) in [5.41, 5.74) is 0.130. The fourth-order valence-corrected chi connectivity index (χ4v) is 17.4. The SMILES string of the molecule is CC[C@]1(O)C[C@H]2CN(CCC3=C(Cc4ccc(SCCCN5CCCCC5)cc43)[C@@](C(=O)OC)(C3C=C4C(=CC3OC)N(C)[C@@]35O[C@]3(C(=O)OC)[C@H](OC(C)=O)[C@]3(CC)C=CCN6CC[C@]45[C@@H]63)C2)C1. The summed E-state index contributed by atoms with van der Waals surface area (Å²) in [4.78, 5) is 54.7. The molecule has 12 atom stereocenters. The van der Waals surface area contributed by atoms with E-state index in [4.69, 9.17) is 23.7 Å². The second-order valence-corrected chi connectivity index (χ2v) is 23.4. The highest BCUT2D eigenvalue weighted by Crippen LogP contribution is 2.82. The number of hydrogen-bond acceptors (Lipinski definition) is 14. The second kappa shape index (κ2) is 17.3. The van der Waals surface area contributed by atoms with E-state index in [0.717, 1.165) is 61.6 Å². The van der Waals surface area contributed by atoms with Gasteiger partial charge in [-0.15, -0.1) is 11.8 Å². The number of piperidine rings is 2. The van der Waals surface area contributed by atoms with Crippen molar-refractivity contribution in [2.75, 3.05) is 86.5 Å². The fourth-order valence-electron chi connectivity index (χ4n) is 16.5. The Kier molecular flexibility index (Phi) is 12.0. The van der Waals surface area contributed by atoms with Crippen molar-refractivity contribution >= 4 is 35.2 Å². The number of allylic oxidation sites excluding steroid dienone is 1. The Hall–Kier alpha value is -3.50. The number of epoxide rings is 1. The number of nitrogens with zero attached hydrogens (tertiary/aromatic N) is 4. The summed E-state index contributed by atoms with van der Waals surface area (Å²) in [6.07, 6.45) is 16.7. The number of likely N-dealkylation sites (N-methyl/N-ethyl adjacent to an activating group) is 1. The van der Waals surface area contributed by atoms with Crippen molar-refractivity contribution in [3.63, 3.8) is 0 Å². The molecule has 1 saturated carbocycles. The van der Waals surface area contributed by atoms with Gasteiger partial charge in [0.05, 0.1) is 36.8 Å². The van der Waals surface area contributed by atoms with Crippen molar-refractivity contribution < 1.29 is 43.2 Å². The third-order valence-corrected chi connectivity index (χ3v) is 20.3. The largest absolute Gasteiger partial charge is 0.468 e. The number of rotatable bonds is 12. The van der Waals surface area contributed by atoms with Crippen molar-refractivity contribution in [1.82, 2.24) is 19.6 Å². The number of methoxy groups -OCH3 is 3. The van der Waals surface area contributed by atoms with Crippen LogP contribution in [0, 0.1) is 28.1 Å². The van der Waals surface area contributed by atoms with E-state index in [9.17, 15) is 14.7 Å². The summed E-state index contributed by atoms with van der Waals surface area (Å²) < 4.78 is 32.2. The van der Waals surface area contributed by atoms with Gasteiger partial charge in [-0.2, -0.15) is 0 Å². The van der Waals surface area contributed by atoms with Gasteiger partial charge in [-0.25, -0.2) is 4.79 Å². The smallest absolute Gasteiger partial charge is 0.347 e. The van der Waals surface area contributed by atoms with Gasteiger partial charge in [0, 0.05) is 75.2 Å². The van der Waals surface area contributed by atoms with Gasteiger partial charge in [0.25, 0.3) is 5.60 Å². The predicted molar refractivity (Wildman–Crippen MR) is 263 cm³/mol. The molecule has 7 aliphatic heterocycles. The van der Waals surface area contributed by atoms with Crippen LogP contribution in [0.15, 0.2) is 64.2 Å². The second-order valence-electron chi connectivity index (χ2n) is 22.2. The van der Waals surface area contributed by atoms with Gasteiger partial charge in [-0.3, -0.25) is 19.4 Å². The standard InChI is InChI=1S/C55H74N4O9S/c1-8-50(63)31-36-32-52(48(61)65-6,41-27-37-15-16-38(69-26-14-22-57-20-11-10-12-21-57)28-40(37)39(41)17-24-58(33-36)34-50)43-29-42-44(30-45(43)64-5)56(4)55-53(42)19-25-59-23-13-18-51(9-2,46(53)59)47(67-35(3)60)54(55,68-55)49(62)66-7/h13,15-16,18,28-30,36,43,45-47,63H,8-12,14,17,19-27,31-34H2,1-7H3/t36-,43?,45?,46+,47-,50+,51-,52-,53-,54+,55+/m1/s1. The lowest BCUT2D eigenvalue weighted by atomic mass is 9.48. The molecule has 6 fully saturated rings. The van der Waals surface area contributed by atoms with Crippen LogP contribution < -0.4 is 0 Å². The van der Waals surface area contributed by atoms with Crippen LogP contribution in [0.25, 0.3) is 5.57 Å². The summed E-state index contributed by atoms with van der Waals surface area (Å²) in [6, 6.07) is 6.75. The molecule has 1 aromatic carbocycles. The van der Waals surface area contributed by atoms with Crippen LogP contribution in [0.3, 0.4) is 0 Å². The van der Waals surface area contributed by atoms with Gasteiger partial charge in [-0.05, 0) is 148 Å². The number of carbonyl (C=O) groups excluding carboxylic acids is 3. The van der Waals surface area contributed by atoms with E-state index < -0.39 is 63.2 Å². The zero-order valence-electron chi connectivity index (χ0n) is 42.0. The highest BCUT2D eigenvalue weighted by molar-refractivity contribution is 7.99. The highest BCUT2D eigenvalue weighted by atomic mass is 32.2. The number of hydrogen-bond donors (Lipinski definition) is 1. The minimum atomic E-state index is -1.64. The Morgan fingerprint density at radius 1 is 0.971 bits per heavy atom. The van der Waals surface area contributed by atoms with E-state index in [-0.39, 0.29) is 17.9 Å². The van der Waals surface area contributed by atoms with E-state index in [1.54, 1.807) is 7.11 Å². The molecule has 2 bridgehead atoms. The number of benzene rings is 1. The Balaban J connectivity index is 1.08. The Morgan fingerprint density at radius 2 is 1.77 bits per heavy atom. The van der Waals surface area contributed by atoms with Crippen molar-refractivity contribution in [2.45, 2.75) is 131 Å². The monoisotopic (exact) mass is 967 g/mol. The molecule has 0 aromatic heterocycles. The van der Waals surface area contributed by atoms with Gasteiger partial charge < -0.3 is 38.6 Å². The number of fused-ring (bicyclic) bond motifs is 5. The number of esters is 3. The first-order valence-electron chi connectivity index (χ1n) is 26.1. The molecule has 11 rings (SSSR count). The van der Waals surface area contributed by atoms with E-state index in [2.05, 4.69) is 76.0 Å². The third kappa shape index (κ3) is 6.59. The maximum absolute atomic E-state index is 15.8. The van der Waals surface area contributed by atoms with Crippen LogP contribution in [0.2, 0.25) is 0 Å². The summed E-state index contributed by atoms with van der Waals surface area (Å²) in [5.74, 6) is -0.821. The molecule has 14 heteroatoms. The first kappa shape index (κ1) is 47.8. The molecule has 0 amide bonds. The van der Waals surface area contributed by atoms with Crippen molar-refractivity contribution in [3.05, 3.63) is 70.5 Å². The van der Waals surface area contributed by atoms with Crippen LogP contribution in [0.5, 0.6) is 0 Å². The van der Waals surface area contributed by atoms with Crippen LogP contribution in [-0.2, 0) is 44.5 Å². The van der Waals surface area contributed by atoms with Crippen molar-refractivity contribution in [1.29, 1.82) is 0 Å². The normalized spacial score (nSPS) is 40.7. The van der Waals surface area contributed by atoms with Gasteiger partial charge in [0.1, 0.15) is 0 Å². The van der Waals surface area contributed by atoms with Gasteiger partial charge in [0.15, 0.2) is 11.8 Å². The lowest BCUT2D eigenvalue weighted by Crippen LogP contribution is -2.73. The van der Waals surface area contributed by atoms with Crippen molar-refractivity contribution in [2.24, 2.45) is 28.1 Å². The zero-order valence-corrected chi connectivity index (χ0v) is 42.8. The molecule has 374 valence electrons. The average molecular weight is 967 g/mol. The molecule has 5 saturated heterocycles. The Bertz CT molecular complexity index is 2420. The molecule has 1 aromatic rings. The molecular weight excluding hydrogens is 893 g/mol. The number of ether oxygens (including phenoxy) is 5.